The molecule has 0 unspecified atom stereocenters. The third kappa shape index (κ3) is 7.88. The quantitative estimate of drug-likeness (QED) is 0.373. The van der Waals surface area contributed by atoms with E-state index < -0.39 is 0 Å². The van der Waals surface area contributed by atoms with Gasteiger partial charge in [0.25, 0.3) is 0 Å². The first kappa shape index (κ1) is 16.6. The second-order valence-electron chi connectivity index (χ2n) is 5.87. The minimum Gasteiger partial charge on any atom is -0.325 e. The predicted molar refractivity (Wildman–Crippen MR) is 86.2 cm³/mol. The summed E-state index contributed by atoms with van der Waals surface area (Å²) in [6.45, 7) is 6.03. The van der Waals surface area contributed by atoms with Crippen molar-refractivity contribution in [2.45, 2.75) is 32.7 Å². The molecular weight excluding hydrogens is 246 g/mol. The van der Waals surface area contributed by atoms with Crippen LogP contribution in [0.2, 0.25) is 0 Å². The molecule has 0 aromatic heterocycles. The van der Waals surface area contributed by atoms with E-state index in [0.717, 1.165) is 43.5 Å². The monoisotopic (exact) mass is 274 g/mol. The summed E-state index contributed by atoms with van der Waals surface area (Å²) in [6, 6.07) is 13.5. The molecule has 0 bridgehead atoms. The molecule has 0 aliphatic rings. The van der Waals surface area contributed by atoms with E-state index in [4.69, 9.17) is 0 Å². The molecule has 0 atom stereocenters. The summed E-state index contributed by atoms with van der Waals surface area (Å²) in [5.41, 5.74) is 1.39. The van der Waals surface area contributed by atoms with E-state index >= 15 is 0 Å². The van der Waals surface area contributed by atoms with Crippen molar-refractivity contribution in [1.82, 2.24) is 0 Å². The van der Waals surface area contributed by atoms with Gasteiger partial charge in [-0.05, 0) is 6.42 Å². The Morgan fingerprint density at radius 1 is 1.00 bits per heavy atom. The molecule has 110 valence electrons. The molecule has 0 aliphatic heterocycles. The van der Waals surface area contributed by atoms with Crippen molar-refractivity contribution in [1.29, 1.82) is 0 Å². The smallest absolute Gasteiger partial charge is 0.104 e. The topological polar surface area (TPSA) is 24.7 Å². The summed E-state index contributed by atoms with van der Waals surface area (Å²) in [5, 5.41) is 0. The van der Waals surface area contributed by atoms with Crippen LogP contribution in [0, 0.1) is 0 Å². The molecular formula is C17H28N3+. The van der Waals surface area contributed by atoms with Gasteiger partial charge >= 0.3 is 0 Å². The number of hydrogen-bond donors (Lipinski definition) is 0. The first-order valence-corrected chi connectivity index (χ1v) is 7.58. The molecule has 0 fully saturated rings. The Balaban J connectivity index is 2.24. The van der Waals surface area contributed by atoms with Crippen LogP contribution in [0.25, 0.3) is 0 Å². The van der Waals surface area contributed by atoms with Crippen LogP contribution >= 0.6 is 0 Å². The van der Waals surface area contributed by atoms with Crippen molar-refractivity contribution in [2.24, 2.45) is 9.98 Å². The van der Waals surface area contributed by atoms with E-state index in [2.05, 4.69) is 67.3 Å². The first-order valence-electron chi connectivity index (χ1n) is 7.58. The van der Waals surface area contributed by atoms with E-state index in [0.29, 0.717) is 0 Å². The highest BCUT2D eigenvalue weighted by Crippen LogP contribution is 2.09. The Bertz CT molecular complexity index is 417. The Morgan fingerprint density at radius 3 is 2.30 bits per heavy atom. The third-order valence-electron chi connectivity index (χ3n) is 3.25. The zero-order valence-electron chi connectivity index (χ0n) is 13.2. The lowest BCUT2D eigenvalue weighted by Crippen LogP contribution is -2.39. The van der Waals surface area contributed by atoms with Crippen molar-refractivity contribution < 1.29 is 4.48 Å². The van der Waals surface area contributed by atoms with Crippen molar-refractivity contribution >= 4 is 6.01 Å². The fourth-order valence-corrected chi connectivity index (χ4v) is 2.12. The van der Waals surface area contributed by atoms with Gasteiger partial charge in [-0.2, -0.15) is 0 Å². The molecule has 3 heteroatoms. The van der Waals surface area contributed by atoms with Gasteiger partial charge in [0.2, 0.25) is 0 Å². The van der Waals surface area contributed by atoms with Gasteiger partial charge in [-0.1, -0.05) is 43.7 Å². The Morgan fingerprint density at radius 2 is 1.65 bits per heavy atom. The highest BCUT2D eigenvalue weighted by Gasteiger charge is 2.14. The number of benzene rings is 1. The number of aliphatic imine (C=N–C) groups is 2. The van der Waals surface area contributed by atoms with Crippen molar-refractivity contribution in [3.05, 3.63) is 35.9 Å². The maximum absolute atomic E-state index is 4.23. The number of rotatable bonds is 9. The van der Waals surface area contributed by atoms with Crippen molar-refractivity contribution in [2.75, 3.05) is 33.7 Å². The van der Waals surface area contributed by atoms with Gasteiger partial charge < -0.3 is 4.48 Å². The fraction of sp³-hybridized carbons (Fsp3) is 0.588. The van der Waals surface area contributed by atoms with E-state index in [1.165, 1.54) is 12.0 Å². The zero-order valence-corrected chi connectivity index (χ0v) is 13.2. The second kappa shape index (κ2) is 9.46. The van der Waals surface area contributed by atoms with Crippen molar-refractivity contribution in [3.63, 3.8) is 0 Å². The average molecular weight is 274 g/mol. The molecule has 0 saturated carbocycles. The van der Waals surface area contributed by atoms with Crippen LogP contribution in [0.4, 0.5) is 0 Å². The number of nitrogens with zero attached hydrogens (tertiary/aromatic N) is 3. The van der Waals surface area contributed by atoms with Gasteiger partial charge in [0, 0.05) is 18.5 Å². The van der Waals surface area contributed by atoms with E-state index in [9.17, 15) is 0 Å². The highest BCUT2D eigenvalue weighted by atomic mass is 15.3. The van der Waals surface area contributed by atoms with Crippen LogP contribution < -0.4 is 0 Å². The lowest BCUT2D eigenvalue weighted by molar-refractivity contribution is -0.903. The maximum atomic E-state index is 4.23. The van der Waals surface area contributed by atoms with Crippen LogP contribution in [0.1, 0.15) is 31.7 Å². The summed E-state index contributed by atoms with van der Waals surface area (Å²) < 4.78 is 0.993. The Hall–Kier alpha value is -1.44. The van der Waals surface area contributed by atoms with E-state index in [1.54, 1.807) is 0 Å². The van der Waals surface area contributed by atoms with Crippen LogP contribution in [0.15, 0.2) is 40.3 Å². The van der Waals surface area contributed by atoms with Gasteiger partial charge in [0.1, 0.15) is 6.54 Å². The Kier molecular flexibility index (Phi) is 7.86. The molecule has 1 rings (SSSR count). The Labute approximate surface area is 123 Å². The summed E-state index contributed by atoms with van der Waals surface area (Å²) >= 11 is 0. The highest BCUT2D eigenvalue weighted by molar-refractivity contribution is 5.40. The largest absolute Gasteiger partial charge is 0.325 e. The normalized spacial score (nSPS) is 10.9. The molecule has 0 spiro atoms. The molecule has 1 aromatic rings. The number of quaternary nitrogens is 1. The van der Waals surface area contributed by atoms with Gasteiger partial charge in [0.05, 0.1) is 33.2 Å². The summed E-state index contributed by atoms with van der Waals surface area (Å²) in [5.74, 6) is 0. The fourth-order valence-electron chi connectivity index (χ4n) is 2.12. The summed E-state index contributed by atoms with van der Waals surface area (Å²) in [6.07, 6.45) is 3.38. The molecule has 0 amide bonds. The molecule has 0 radical (unpaired) electrons. The molecule has 3 nitrogen and oxygen atoms in total. The lowest BCUT2D eigenvalue weighted by Gasteiger charge is -2.29. The molecule has 0 N–H and O–H groups in total. The van der Waals surface area contributed by atoms with Gasteiger partial charge in [-0.25, -0.2) is 9.98 Å². The minimum atomic E-state index is 0.825. The van der Waals surface area contributed by atoms with Gasteiger partial charge in [-0.3, -0.25) is 0 Å². The lowest BCUT2D eigenvalue weighted by atomic mass is 10.2. The standard InChI is InChI=1S/C17H28N3/c1-4-5-12-18-16-19-13-9-14-20(2,3)15-17-10-7-6-8-11-17/h6-8,10-11H,4-5,9,12-15H2,1-3H3/q+1. The van der Waals surface area contributed by atoms with E-state index in [1.807, 2.05) is 0 Å². The first-order chi connectivity index (χ1) is 9.64. The van der Waals surface area contributed by atoms with Crippen molar-refractivity contribution in [3.8, 4) is 0 Å². The average Bonchev–Trinajstić information content (AvgIpc) is 2.42. The second-order valence-corrected chi connectivity index (χ2v) is 5.87. The molecule has 1 aromatic carbocycles. The van der Waals surface area contributed by atoms with Crippen LogP contribution in [-0.4, -0.2) is 44.2 Å². The summed E-state index contributed by atoms with van der Waals surface area (Å²) in [7, 11) is 4.54. The maximum Gasteiger partial charge on any atom is 0.104 e. The predicted octanol–water partition coefficient (Wildman–Crippen LogP) is 3.63. The minimum absolute atomic E-state index is 0.825. The summed E-state index contributed by atoms with van der Waals surface area (Å²) in [4.78, 5) is 8.37. The van der Waals surface area contributed by atoms with Gasteiger partial charge in [0.15, 0.2) is 0 Å². The van der Waals surface area contributed by atoms with Crippen LogP contribution in [-0.2, 0) is 6.54 Å². The third-order valence-corrected chi connectivity index (χ3v) is 3.25. The van der Waals surface area contributed by atoms with Crippen LogP contribution in [0.5, 0.6) is 0 Å². The van der Waals surface area contributed by atoms with Gasteiger partial charge in [-0.15, -0.1) is 0 Å². The molecule has 0 aliphatic carbocycles. The number of hydrogen-bond acceptors (Lipinski definition) is 2. The molecule has 0 saturated heterocycles. The van der Waals surface area contributed by atoms with E-state index in [-0.39, 0.29) is 0 Å². The van der Waals surface area contributed by atoms with Crippen LogP contribution in [0.3, 0.4) is 0 Å². The zero-order chi connectivity index (χ0) is 14.7. The molecule has 20 heavy (non-hydrogen) atoms. The number of unbranched alkanes of at least 4 members (excludes halogenated alkanes) is 1. The SMILES string of the molecule is CCCCN=C=NCCC[N+](C)(C)Cc1ccccc1. The molecule has 0 heterocycles.